The fraction of sp³-hybridized carbons (Fsp3) is 0.167. The Morgan fingerprint density at radius 2 is 1.28 bits per heavy atom. The molecule has 0 aromatic heterocycles. The largest absolute Gasteiger partial charge is 0.327 e. The van der Waals surface area contributed by atoms with Gasteiger partial charge in [0.05, 0.1) is 0 Å². The highest BCUT2D eigenvalue weighted by atomic mass is 79.9. The van der Waals surface area contributed by atoms with Crippen molar-refractivity contribution in [2.75, 3.05) is 0 Å². The zero-order chi connectivity index (χ0) is 13.6. The lowest BCUT2D eigenvalue weighted by atomic mass is 10.0. The molecule has 0 unspecified atom stereocenters. The summed E-state index contributed by atoms with van der Waals surface area (Å²) in [4.78, 5) is -3.10. The normalized spacial score (nSPS) is 13.0. The first-order chi connectivity index (χ1) is 8.21. The maximum atomic E-state index is 13.5. The molecule has 0 spiro atoms. The molecule has 0 amide bonds. The van der Waals surface area contributed by atoms with Crippen LogP contribution in [0.4, 0.5) is 8.78 Å². The Morgan fingerprint density at radius 1 is 0.833 bits per heavy atom. The van der Waals surface area contributed by atoms with Crippen LogP contribution in [0, 0.1) is 0 Å². The van der Waals surface area contributed by atoms with E-state index >= 15 is 0 Å². The molecule has 0 N–H and O–H groups in total. The van der Waals surface area contributed by atoms with E-state index in [1.165, 1.54) is 6.07 Å². The highest BCUT2D eigenvalue weighted by molar-refractivity contribution is 9.10. The fourth-order valence-electron chi connectivity index (χ4n) is 1.80. The summed E-state index contributed by atoms with van der Waals surface area (Å²) in [6, 6.07) is 9.54. The molecule has 96 valence electrons. The lowest BCUT2D eigenvalue weighted by Gasteiger charge is -2.17. The molecule has 0 saturated carbocycles. The molecule has 0 nitrogen and oxygen atoms in total. The Bertz CT molecular complexity index is 535. The van der Waals surface area contributed by atoms with Gasteiger partial charge in [-0.15, -0.1) is 0 Å². The number of alkyl halides is 6. The average molecular weight is 419 g/mol. The topological polar surface area (TPSA) is 0 Å². The first-order valence-electron chi connectivity index (χ1n) is 4.87. The van der Waals surface area contributed by atoms with E-state index in [9.17, 15) is 8.78 Å². The van der Waals surface area contributed by atoms with E-state index in [1.807, 2.05) is 0 Å². The summed E-state index contributed by atoms with van der Waals surface area (Å²) < 4.78 is 25.6. The molecule has 2 rings (SSSR count). The van der Waals surface area contributed by atoms with Gasteiger partial charge < -0.3 is 0 Å². The van der Waals surface area contributed by atoms with E-state index in [1.54, 1.807) is 30.3 Å². The molecule has 0 bridgehead atoms. The van der Waals surface area contributed by atoms with Crippen LogP contribution in [0.1, 0.15) is 11.1 Å². The summed E-state index contributed by atoms with van der Waals surface area (Å²) in [6.07, 6.45) is 0. The average Bonchev–Trinajstić information content (AvgIpc) is 2.24. The van der Waals surface area contributed by atoms with E-state index in [-0.39, 0.29) is 5.56 Å². The van der Waals surface area contributed by atoms with E-state index in [0.29, 0.717) is 16.3 Å². The van der Waals surface area contributed by atoms with Crippen LogP contribution >= 0.6 is 55.1 Å². The fourth-order valence-corrected chi connectivity index (χ4v) is 2.83. The summed E-state index contributed by atoms with van der Waals surface area (Å²) >= 11 is 17.5. The number of hydrogen-bond donors (Lipinski definition) is 0. The third-order valence-corrected chi connectivity index (χ3v) is 3.79. The van der Waals surface area contributed by atoms with Crippen LogP contribution in [-0.2, 0) is 8.07 Å². The molecule has 2 aromatic rings. The Kier molecular flexibility index (Phi) is 3.94. The van der Waals surface area contributed by atoms with Crippen molar-refractivity contribution in [2.45, 2.75) is 8.07 Å². The van der Waals surface area contributed by atoms with Crippen molar-refractivity contribution in [3.63, 3.8) is 0 Å². The van der Waals surface area contributed by atoms with Gasteiger partial charge >= 0.3 is 4.83 Å². The molecular formula is C12H6Br2Cl2F2. The van der Waals surface area contributed by atoms with Gasteiger partial charge in [-0.3, -0.25) is 0 Å². The standard InChI is InChI=1S/C12H6Br2Cl2F2/c13-11(15,16)9-5-1-4-8-7(9)3-2-6-10(8)12(14,17)18/h1-6H. The summed E-state index contributed by atoms with van der Waals surface area (Å²) in [5, 5.41) is 0.984. The Labute approximate surface area is 130 Å². The second-order valence-electron chi connectivity index (χ2n) is 3.70. The molecule has 2 aromatic carbocycles. The van der Waals surface area contributed by atoms with Gasteiger partial charge in [-0.05, 0) is 42.6 Å². The van der Waals surface area contributed by atoms with Crippen molar-refractivity contribution in [3.8, 4) is 0 Å². The van der Waals surface area contributed by atoms with Crippen LogP contribution in [0.25, 0.3) is 10.8 Å². The zero-order valence-electron chi connectivity index (χ0n) is 8.73. The Balaban J connectivity index is 2.82. The Hall–Kier alpha value is 0.1000. The second kappa shape index (κ2) is 4.89. The lowest BCUT2D eigenvalue weighted by Crippen LogP contribution is -2.06. The molecule has 18 heavy (non-hydrogen) atoms. The van der Waals surface area contributed by atoms with Crippen LogP contribution in [0.2, 0.25) is 0 Å². The minimum atomic E-state index is -3.10. The quantitative estimate of drug-likeness (QED) is 0.504. The van der Waals surface area contributed by atoms with Crippen LogP contribution in [0.3, 0.4) is 0 Å². The van der Waals surface area contributed by atoms with Crippen molar-refractivity contribution < 1.29 is 8.78 Å². The number of hydrogen-bond acceptors (Lipinski definition) is 0. The monoisotopic (exact) mass is 416 g/mol. The number of fused-ring (bicyclic) bond motifs is 1. The molecular weight excluding hydrogens is 413 g/mol. The molecule has 0 aliphatic carbocycles. The number of benzene rings is 2. The van der Waals surface area contributed by atoms with Gasteiger partial charge in [-0.25, -0.2) is 0 Å². The lowest BCUT2D eigenvalue weighted by molar-refractivity contribution is 0.116. The highest BCUT2D eigenvalue weighted by Crippen LogP contribution is 2.45. The van der Waals surface area contributed by atoms with Crippen LogP contribution < -0.4 is 0 Å². The van der Waals surface area contributed by atoms with E-state index in [4.69, 9.17) is 23.2 Å². The number of rotatable bonds is 2. The maximum absolute atomic E-state index is 13.5. The predicted molar refractivity (Wildman–Crippen MR) is 79.1 cm³/mol. The summed E-state index contributed by atoms with van der Waals surface area (Å²) in [6.45, 7) is 0. The predicted octanol–water partition coefficient (Wildman–Crippen LogP) is 6.27. The van der Waals surface area contributed by atoms with Crippen LogP contribution in [-0.4, -0.2) is 0 Å². The third-order valence-electron chi connectivity index (χ3n) is 2.53. The van der Waals surface area contributed by atoms with E-state index in [0.717, 1.165) is 0 Å². The van der Waals surface area contributed by atoms with Crippen LogP contribution in [0.15, 0.2) is 36.4 Å². The molecule has 6 heteroatoms. The van der Waals surface area contributed by atoms with E-state index in [2.05, 4.69) is 31.9 Å². The van der Waals surface area contributed by atoms with Crippen LogP contribution in [0.5, 0.6) is 0 Å². The minimum absolute atomic E-state index is 0.119. The maximum Gasteiger partial charge on any atom is 0.327 e. The molecule has 0 heterocycles. The van der Waals surface area contributed by atoms with Gasteiger partial charge in [-0.1, -0.05) is 59.6 Å². The highest BCUT2D eigenvalue weighted by Gasteiger charge is 2.31. The third kappa shape index (κ3) is 2.82. The summed E-state index contributed by atoms with van der Waals surface area (Å²) in [7, 11) is 0. The minimum Gasteiger partial charge on any atom is -0.188 e. The van der Waals surface area contributed by atoms with Gasteiger partial charge in [0.2, 0.25) is 0 Å². The van der Waals surface area contributed by atoms with Gasteiger partial charge in [0.15, 0.2) is 3.24 Å². The van der Waals surface area contributed by atoms with Gasteiger partial charge in [0.25, 0.3) is 0 Å². The van der Waals surface area contributed by atoms with Gasteiger partial charge in [0, 0.05) is 11.1 Å². The molecule has 0 saturated heterocycles. The smallest absolute Gasteiger partial charge is 0.188 e. The molecule has 0 radical (unpaired) electrons. The second-order valence-corrected chi connectivity index (χ2v) is 8.13. The molecule has 0 aliphatic heterocycles. The van der Waals surface area contributed by atoms with Gasteiger partial charge in [-0.2, -0.15) is 8.78 Å². The van der Waals surface area contributed by atoms with Gasteiger partial charge in [0.1, 0.15) is 0 Å². The van der Waals surface area contributed by atoms with Crippen molar-refractivity contribution in [3.05, 3.63) is 47.5 Å². The first-order valence-corrected chi connectivity index (χ1v) is 7.21. The summed E-state index contributed by atoms with van der Waals surface area (Å²) in [5.74, 6) is 0. The Morgan fingerprint density at radius 3 is 1.72 bits per heavy atom. The zero-order valence-corrected chi connectivity index (χ0v) is 13.4. The summed E-state index contributed by atoms with van der Waals surface area (Å²) in [5.41, 5.74) is 0.411. The van der Waals surface area contributed by atoms with Crippen molar-refractivity contribution in [2.24, 2.45) is 0 Å². The van der Waals surface area contributed by atoms with Crippen molar-refractivity contribution >= 4 is 65.8 Å². The van der Waals surface area contributed by atoms with E-state index < -0.39 is 8.07 Å². The SMILES string of the molecule is FC(F)(Br)c1cccc2c(C(Cl)(Cl)Br)cccc12. The number of halogens is 6. The first kappa shape index (κ1) is 14.5. The molecule has 0 fully saturated rings. The van der Waals surface area contributed by atoms with Crippen molar-refractivity contribution in [1.29, 1.82) is 0 Å². The van der Waals surface area contributed by atoms with Crippen molar-refractivity contribution in [1.82, 2.24) is 0 Å². The molecule has 0 aliphatic rings. The molecule has 0 atom stereocenters.